The minimum atomic E-state index is 0.798. The van der Waals surface area contributed by atoms with Crippen LogP contribution in [0.4, 0.5) is 0 Å². The minimum absolute atomic E-state index is 0.798. The second-order valence-electron chi connectivity index (χ2n) is 4.99. The third kappa shape index (κ3) is 2.26. The molecule has 0 atom stereocenters. The molecule has 0 radical (unpaired) electrons. The molecule has 0 aliphatic carbocycles. The van der Waals surface area contributed by atoms with E-state index in [0.717, 1.165) is 12.2 Å². The van der Waals surface area contributed by atoms with Crippen molar-refractivity contribution >= 4 is 22.2 Å². The Bertz CT molecular complexity index is 861. The summed E-state index contributed by atoms with van der Waals surface area (Å²) in [5, 5.41) is 8.17. The molecular formula is C18H14N2S. The van der Waals surface area contributed by atoms with Gasteiger partial charge in [0.1, 0.15) is 5.69 Å². The van der Waals surface area contributed by atoms with Gasteiger partial charge in [0.2, 0.25) is 0 Å². The van der Waals surface area contributed by atoms with E-state index in [2.05, 4.69) is 70.7 Å². The first kappa shape index (κ1) is 12.4. The highest BCUT2D eigenvalue weighted by atomic mass is 32.1. The van der Waals surface area contributed by atoms with Gasteiger partial charge in [0.05, 0.1) is 16.9 Å². The number of rotatable bonds is 3. The molecule has 0 spiro atoms. The predicted octanol–water partition coefficient (Wildman–Crippen LogP) is 4.81. The molecule has 2 aromatic heterocycles. The van der Waals surface area contributed by atoms with Crippen molar-refractivity contribution in [2.24, 2.45) is 0 Å². The fraction of sp³-hybridized carbons (Fsp3) is 0.0556. The normalized spacial score (nSPS) is 11.0. The topological polar surface area (TPSA) is 17.8 Å². The van der Waals surface area contributed by atoms with Crippen LogP contribution in [0.2, 0.25) is 0 Å². The number of nitrogens with zero attached hydrogens (tertiary/aromatic N) is 2. The summed E-state index contributed by atoms with van der Waals surface area (Å²) in [7, 11) is 0. The molecule has 0 saturated heterocycles. The van der Waals surface area contributed by atoms with E-state index in [9.17, 15) is 0 Å². The summed E-state index contributed by atoms with van der Waals surface area (Å²) in [5.74, 6) is 0. The smallest absolute Gasteiger partial charge is 0.110 e. The fourth-order valence-electron chi connectivity index (χ4n) is 2.60. The van der Waals surface area contributed by atoms with Gasteiger partial charge in [0, 0.05) is 5.39 Å². The van der Waals surface area contributed by atoms with Gasteiger partial charge in [-0.3, -0.25) is 4.68 Å². The highest BCUT2D eigenvalue weighted by molar-refractivity contribution is 7.13. The van der Waals surface area contributed by atoms with Gasteiger partial charge in [-0.05, 0) is 23.1 Å². The maximum absolute atomic E-state index is 4.85. The summed E-state index contributed by atoms with van der Waals surface area (Å²) in [5.41, 5.74) is 3.53. The lowest BCUT2D eigenvalue weighted by Crippen LogP contribution is -2.01. The van der Waals surface area contributed by atoms with Crippen molar-refractivity contribution in [3.63, 3.8) is 0 Å². The molecule has 4 rings (SSSR count). The number of para-hydroxylation sites is 1. The number of thiophene rings is 1. The van der Waals surface area contributed by atoms with Gasteiger partial charge in [-0.15, -0.1) is 11.3 Å². The maximum atomic E-state index is 4.85. The van der Waals surface area contributed by atoms with Gasteiger partial charge in [-0.1, -0.05) is 54.6 Å². The quantitative estimate of drug-likeness (QED) is 0.529. The minimum Gasteiger partial charge on any atom is -0.260 e. The first-order valence-corrected chi connectivity index (χ1v) is 7.83. The Kier molecular flexibility index (Phi) is 3.05. The highest BCUT2D eigenvalue weighted by Crippen LogP contribution is 2.31. The Balaban J connectivity index is 1.86. The average Bonchev–Trinajstić information content (AvgIpc) is 3.17. The molecule has 102 valence electrons. The number of aromatic nitrogens is 2. The third-order valence-electron chi connectivity index (χ3n) is 3.59. The van der Waals surface area contributed by atoms with Crippen LogP contribution in [0.5, 0.6) is 0 Å². The number of fused-ring (bicyclic) bond motifs is 1. The molecule has 21 heavy (non-hydrogen) atoms. The fourth-order valence-corrected chi connectivity index (χ4v) is 3.32. The summed E-state index contributed by atoms with van der Waals surface area (Å²) in [6.45, 7) is 0.798. The standard InChI is InChI=1S/C18H14N2S/c1-2-7-14(8-3-1)13-20-16-10-5-4-9-15(16)18(19-20)17-11-6-12-21-17/h1-12H,13H2. The van der Waals surface area contributed by atoms with Crippen molar-refractivity contribution in [1.29, 1.82) is 0 Å². The molecule has 0 unspecified atom stereocenters. The molecule has 3 heteroatoms. The lowest BCUT2D eigenvalue weighted by atomic mass is 10.2. The van der Waals surface area contributed by atoms with Crippen LogP contribution in [0.1, 0.15) is 5.56 Å². The Hall–Kier alpha value is -2.39. The van der Waals surface area contributed by atoms with Crippen LogP contribution in [0.15, 0.2) is 72.1 Å². The zero-order valence-electron chi connectivity index (χ0n) is 11.4. The molecule has 0 fully saturated rings. The van der Waals surface area contributed by atoms with Gasteiger partial charge in [0.25, 0.3) is 0 Å². The van der Waals surface area contributed by atoms with E-state index < -0.39 is 0 Å². The van der Waals surface area contributed by atoms with Crippen LogP contribution in [0.3, 0.4) is 0 Å². The molecule has 0 aliphatic heterocycles. The maximum Gasteiger partial charge on any atom is 0.110 e. The molecule has 0 saturated carbocycles. The first-order valence-electron chi connectivity index (χ1n) is 6.95. The second-order valence-corrected chi connectivity index (χ2v) is 5.93. The second kappa shape index (κ2) is 5.19. The van der Waals surface area contributed by atoms with Gasteiger partial charge in [-0.2, -0.15) is 5.10 Å². The molecule has 0 bridgehead atoms. The monoisotopic (exact) mass is 290 g/mol. The Morgan fingerprint density at radius 3 is 2.48 bits per heavy atom. The van der Waals surface area contributed by atoms with Gasteiger partial charge >= 0.3 is 0 Å². The van der Waals surface area contributed by atoms with Crippen molar-refractivity contribution < 1.29 is 0 Å². The van der Waals surface area contributed by atoms with E-state index in [1.165, 1.54) is 21.3 Å². The summed E-state index contributed by atoms with van der Waals surface area (Å²) in [6.07, 6.45) is 0. The summed E-state index contributed by atoms with van der Waals surface area (Å²) >= 11 is 1.73. The molecule has 2 nitrogen and oxygen atoms in total. The first-order chi connectivity index (χ1) is 10.4. The molecular weight excluding hydrogens is 276 g/mol. The van der Waals surface area contributed by atoms with Crippen LogP contribution >= 0.6 is 11.3 Å². The van der Waals surface area contributed by atoms with Crippen molar-refractivity contribution in [3.05, 3.63) is 77.7 Å². The van der Waals surface area contributed by atoms with Crippen LogP contribution in [-0.4, -0.2) is 9.78 Å². The lowest BCUT2D eigenvalue weighted by molar-refractivity contribution is 0.715. The van der Waals surface area contributed by atoms with Crippen molar-refractivity contribution in [1.82, 2.24) is 9.78 Å². The Morgan fingerprint density at radius 1 is 0.857 bits per heavy atom. The van der Waals surface area contributed by atoms with Crippen LogP contribution in [-0.2, 0) is 6.54 Å². The molecule has 0 amide bonds. The van der Waals surface area contributed by atoms with Gasteiger partial charge in [0.15, 0.2) is 0 Å². The Morgan fingerprint density at radius 2 is 1.67 bits per heavy atom. The molecule has 2 heterocycles. The highest BCUT2D eigenvalue weighted by Gasteiger charge is 2.12. The average molecular weight is 290 g/mol. The van der Waals surface area contributed by atoms with Crippen LogP contribution < -0.4 is 0 Å². The van der Waals surface area contributed by atoms with E-state index in [1.54, 1.807) is 11.3 Å². The van der Waals surface area contributed by atoms with Crippen molar-refractivity contribution in [3.8, 4) is 10.6 Å². The summed E-state index contributed by atoms with van der Waals surface area (Å²) < 4.78 is 2.10. The lowest BCUT2D eigenvalue weighted by Gasteiger charge is -2.03. The van der Waals surface area contributed by atoms with E-state index >= 15 is 0 Å². The molecule has 0 aliphatic rings. The molecule has 0 N–H and O–H groups in total. The van der Waals surface area contributed by atoms with E-state index in [1.807, 2.05) is 6.07 Å². The van der Waals surface area contributed by atoms with E-state index in [4.69, 9.17) is 5.10 Å². The van der Waals surface area contributed by atoms with E-state index in [-0.39, 0.29) is 0 Å². The zero-order chi connectivity index (χ0) is 14.1. The summed E-state index contributed by atoms with van der Waals surface area (Å²) in [6, 6.07) is 23.1. The van der Waals surface area contributed by atoms with E-state index in [0.29, 0.717) is 0 Å². The molecule has 4 aromatic rings. The van der Waals surface area contributed by atoms with Gasteiger partial charge in [-0.25, -0.2) is 0 Å². The molecule has 2 aromatic carbocycles. The van der Waals surface area contributed by atoms with Crippen molar-refractivity contribution in [2.75, 3.05) is 0 Å². The largest absolute Gasteiger partial charge is 0.260 e. The van der Waals surface area contributed by atoms with Crippen LogP contribution in [0.25, 0.3) is 21.5 Å². The predicted molar refractivity (Wildman–Crippen MR) is 88.6 cm³/mol. The summed E-state index contributed by atoms with van der Waals surface area (Å²) in [4.78, 5) is 1.22. The SMILES string of the molecule is c1ccc(Cn2nc(-c3cccs3)c3ccccc32)cc1. The number of hydrogen-bond acceptors (Lipinski definition) is 2. The number of hydrogen-bond donors (Lipinski definition) is 0. The van der Waals surface area contributed by atoms with Crippen LogP contribution in [0, 0.1) is 0 Å². The Labute approximate surface area is 127 Å². The third-order valence-corrected chi connectivity index (χ3v) is 4.46. The van der Waals surface area contributed by atoms with Gasteiger partial charge < -0.3 is 0 Å². The zero-order valence-corrected chi connectivity index (χ0v) is 12.3. The number of benzene rings is 2. The van der Waals surface area contributed by atoms with Crippen molar-refractivity contribution in [2.45, 2.75) is 6.54 Å².